The van der Waals surface area contributed by atoms with Crippen LogP contribution in [0.4, 0.5) is 33.9 Å². The number of benzene rings is 1. The maximum atomic E-state index is 14.9. The first kappa shape index (κ1) is 29.8. The van der Waals surface area contributed by atoms with Crippen LogP contribution in [0.2, 0.25) is 0 Å². The molecule has 3 aromatic rings. The average molecular weight is 626 g/mol. The fraction of sp³-hybridized carbons (Fsp3) is 0.370. The summed E-state index contributed by atoms with van der Waals surface area (Å²) >= 11 is 0.971. The minimum atomic E-state index is -5.09. The maximum absolute atomic E-state index is 14.9. The molecule has 1 N–H and O–H groups in total. The van der Waals surface area contributed by atoms with Gasteiger partial charge in [-0.15, -0.1) is 15.6 Å². The third-order valence-corrected chi connectivity index (χ3v) is 8.81. The van der Waals surface area contributed by atoms with Gasteiger partial charge in [-0.05, 0) is 63.6 Å². The van der Waals surface area contributed by atoms with E-state index in [9.17, 15) is 30.8 Å². The number of hydrogen-bond donors (Lipinski definition) is 1. The van der Waals surface area contributed by atoms with Gasteiger partial charge in [0.05, 0.1) is 11.2 Å². The number of halogens is 4. The number of hydrogen-bond acceptors (Lipinski definition) is 9. The Morgan fingerprint density at radius 3 is 2.52 bits per heavy atom. The van der Waals surface area contributed by atoms with Crippen LogP contribution in [0.3, 0.4) is 0 Å². The molecule has 1 aliphatic carbocycles. The van der Waals surface area contributed by atoms with E-state index in [-0.39, 0.29) is 22.2 Å². The molecule has 4 heterocycles. The van der Waals surface area contributed by atoms with E-state index in [2.05, 4.69) is 20.2 Å². The molecule has 0 radical (unpaired) electrons. The lowest BCUT2D eigenvalue weighted by Crippen LogP contribution is -2.41. The number of ether oxygens (including phenoxy) is 1. The summed E-state index contributed by atoms with van der Waals surface area (Å²) in [4.78, 5) is 22.2. The molecule has 2 aromatic heterocycles. The molecule has 42 heavy (non-hydrogen) atoms. The predicted octanol–water partition coefficient (Wildman–Crippen LogP) is 6.30. The van der Waals surface area contributed by atoms with Crippen LogP contribution in [0, 0.1) is 5.82 Å². The fourth-order valence-corrected chi connectivity index (χ4v) is 6.49. The molecule has 224 valence electrons. The van der Waals surface area contributed by atoms with Crippen molar-refractivity contribution in [3.63, 3.8) is 0 Å². The standard InChI is InChI=1S/C27H27F4N5O4S2/c1-26(2,3)40-25(37)36(22-14-41-15-33-22)42(38,39)23-8-7-21(24(34-23)27(29,30)31)32-11-19-17(5-4-6-20(19)28)13-35-12-16-9-18(35)10-16/h4-8,12,14-15,18,32H,9-11,13H2,1-3H3. The number of alkyl halides is 3. The van der Waals surface area contributed by atoms with Gasteiger partial charge in [-0.25, -0.2) is 19.2 Å². The number of aromatic nitrogens is 2. The molecule has 1 aromatic carbocycles. The van der Waals surface area contributed by atoms with Crippen LogP contribution in [0.5, 0.6) is 0 Å². The van der Waals surface area contributed by atoms with E-state index < -0.39 is 50.1 Å². The first-order chi connectivity index (χ1) is 19.6. The van der Waals surface area contributed by atoms with Crippen LogP contribution in [-0.4, -0.2) is 41.0 Å². The lowest BCUT2D eigenvalue weighted by molar-refractivity contribution is -0.140. The predicted molar refractivity (Wildman–Crippen MR) is 148 cm³/mol. The lowest BCUT2D eigenvalue weighted by Gasteiger charge is -2.28. The number of amides is 1. The fourth-order valence-electron chi connectivity index (χ4n) is 4.69. The minimum absolute atomic E-state index is 0.175. The third kappa shape index (κ3) is 6.07. The topological polar surface area (TPSA) is 105 Å². The van der Waals surface area contributed by atoms with E-state index in [1.54, 1.807) is 12.1 Å². The third-order valence-electron chi connectivity index (χ3n) is 6.67. The van der Waals surface area contributed by atoms with Gasteiger partial charge in [0, 0.05) is 30.1 Å². The quantitative estimate of drug-likeness (QED) is 0.291. The van der Waals surface area contributed by atoms with Gasteiger partial charge in [-0.2, -0.15) is 21.6 Å². The highest BCUT2D eigenvalue weighted by Crippen LogP contribution is 2.40. The summed E-state index contributed by atoms with van der Waals surface area (Å²) in [6.45, 7) is 4.61. The summed E-state index contributed by atoms with van der Waals surface area (Å²) in [6.07, 6.45) is -2.49. The molecule has 0 unspecified atom stereocenters. The first-order valence-electron chi connectivity index (χ1n) is 12.8. The zero-order valence-electron chi connectivity index (χ0n) is 22.8. The highest BCUT2D eigenvalue weighted by molar-refractivity contribution is 7.93. The molecule has 0 atom stereocenters. The zero-order valence-corrected chi connectivity index (χ0v) is 24.4. The number of thiazole rings is 1. The van der Waals surface area contributed by atoms with Gasteiger partial charge in [0.25, 0.3) is 10.0 Å². The SMILES string of the molecule is CC(C)(C)OC(=O)N(c1cscn1)S(=O)(=O)c1ccc(NCc2c(F)cccc2CN2C=C3CC2C3)c(C(F)(F)F)n1. The Morgan fingerprint density at radius 2 is 1.93 bits per heavy atom. The van der Waals surface area contributed by atoms with Crippen molar-refractivity contribution in [1.82, 2.24) is 14.9 Å². The second-order valence-corrected chi connectivity index (χ2v) is 13.3. The Bertz CT molecular complexity index is 1630. The van der Waals surface area contributed by atoms with E-state index in [0.29, 0.717) is 18.2 Å². The Morgan fingerprint density at radius 1 is 1.19 bits per heavy atom. The number of anilines is 2. The van der Waals surface area contributed by atoms with Crippen molar-refractivity contribution in [2.24, 2.45) is 0 Å². The van der Waals surface area contributed by atoms with Crippen LogP contribution in [0.25, 0.3) is 0 Å². The van der Waals surface area contributed by atoms with Crippen LogP contribution >= 0.6 is 11.3 Å². The average Bonchev–Trinajstić information content (AvgIpc) is 3.59. The van der Waals surface area contributed by atoms with Crippen LogP contribution < -0.4 is 9.62 Å². The van der Waals surface area contributed by atoms with Gasteiger partial charge in [-0.1, -0.05) is 17.7 Å². The molecule has 3 aliphatic rings. The van der Waals surface area contributed by atoms with Crippen molar-refractivity contribution < 1.29 is 35.5 Å². The van der Waals surface area contributed by atoms with E-state index >= 15 is 0 Å². The van der Waals surface area contributed by atoms with Crippen LogP contribution in [0.1, 0.15) is 50.4 Å². The van der Waals surface area contributed by atoms with Crippen molar-refractivity contribution >= 4 is 39.0 Å². The van der Waals surface area contributed by atoms with Crippen LogP contribution in [0.15, 0.2) is 58.0 Å². The summed E-state index contributed by atoms with van der Waals surface area (Å²) in [7, 11) is -5.00. The number of carbonyl (C=O) groups excluding carboxylic acids is 1. The monoisotopic (exact) mass is 625 g/mol. The lowest BCUT2D eigenvalue weighted by atomic mass is 9.91. The minimum Gasteiger partial charge on any atom is -0.443 e. The molecule has 0 spiro atoms. The second-order valence-electron chi connectivity index (χ2n) is 10.9. The Labute approximate surface area is 243 Å². The smallest absolute Gasteiger partial charge is 0.435 e. The van der Waals surface area contributed by atoms with Crippen molar-refractivity contribution in [3.8, 4) is 0 Å². The Kier molecular flexibility index (Phi) is 7.68. The van der Waals surface area contributed by atoms with Crippen LogP contribution in [-0.2, 0) is 34.0 Å². The largest absolute Gasteiger partial charge is 0.443 e. The molecule has 6 rings (SSSR count). The van der Waals surface area contributed by atoms with E-state index in [4.69, 9.17) is 4.74 Å². The summed E-state index contributed by atoms with van der Waals surface area (Å²) in [5, 5.41) is 2.77. The summed E-state index contributed by atoms with van der Waals surface area (Å²) in [5.74, 6) is -0.943. The van der Waals surface area contributed by atoms with E-state index in [1.807, 2.05) is 6.20 Å². The highest BCUT2D eigenvalue weighted by atomic mass is 32.2. The number of rotatable bonds is 8. The molecule has 2 aliphatic heterocycles. The zero-order chi connectivity index (χ0) is 30.4. The number of pyridine rings is 1. The summed E-state index contributed by atoms with van der Waals surface area (Å²) in [6, 6.07) is 6.56. The molecule has 1 amide bonds. The number of nitrogens with one attached hydrogen (secondary N) is 1. The number of carbonyl (C=O) groups is 1. The molecular weight excluding hydrogens is 598 g/mol. The Hall–Kier alpha value is -3.72. The molecule has 1 saturated carbocycles. The van der Waals surface area contributed by atoms with Crippen molar-refractivity contribution in [2.45, 2.75) is 69.5 Å². The second kappa shape index (κ2) is 10.8. The summed E-state index contributed by atoms with van der Waals surface area (Å²) < 4.78 is 89.7. The summed E-state index contributed by atoms with van der Waals surface area (Å²) in [5.41, 5.74) is 0.147. The van der Waals surface area contributed by atoms with Gasteiger partial charge in [0.2, 0.25) is 0 Å². The maximum Gasteiger partial charge on any atom is 0.435 e. The normalized spacial score (nSPS) is 15.3. The molecule has 9 nitrogen and oxygen atoms in total. The van der Waals surface area contributed by atoms with Gasteiger partial charge in [0.1, 0.15) is 11.4 Å². The van der Waals surface area contributed by atoms with Gasteiger partial charge in [-0.3, -0.25) is 0 Å². The molecular formula is C27H27F4N5O4S2. The van der Waals surface area contributed by atoms with Crippen molar-refractivity contribution in [2.75, 3.05) is 9.62 Å². The Balaban J connectivity index is 1.45. The van der Waals surface area contributed by atoms with E-state index in [1.165, 1.54) is 43.3 Å². The van der Waals surface area contributed by atoms with Gasteiger partial charge < -0.3 is 15.0 Å². The van der Waals surface area contributed by atoms with E-state index in [0.717, 1.165) is 36.3 Å². The number of sulfonamides is 1. The van der Waals surface area contributed by atoms with Crippen molar-refractivity contribution in [3.05, 3.63) is 75.6 Å². The molecule has 1 fully saturated rings. The highest BCUT2D eigenvalue weighted by Gasteiger charge is 2.41. The van der Waals surface area contributed by atoms with Crippen molar-refractivity contribution in [1.29, 1.82) is 0 Å². The molecule has 2 bridgehead atoms. The molecule has 0 saturated heterocycles. The number of nitrogens with zero attached hydrogens (tertiary/aromatic N) is 4. The van der Waals surface area contributed by atoms with Gasteiger partial charge in [0.15, 0.2) is 16.5 Å². The number of fused-ring (bicyclic) bond motifs is 1. The molecule has 15 heteroatoms. The van der Waals surface area contributed by atoms with Gasteiger partial charge >= 0.3 is 12.3 Å². The first-order valence-corrected chi connectivity index (χ1v) is 15.2.